The minimum absolute atomic E-state index is 0.480. The van der Waals surface area contributed by atoms with E-state index in [1.165, 1.54) is 55.9 Å². The quantitative estimate of drug-likeness (QED) is 0.835. The summed E-state index contributed by atoms with van der Waals surface area (Å²) in [6.07, 6.45) is 6.97. The van der Waals surface area contributed by atoms with Crippen LogP contribution in [-0.2, 0) is 6.54 Å². The Hall–Kier alpha value is -0.450. The molecule has 1 N–H and O–H groups in total. The van der Waals surface area contributed by atoms with Gasteiger partial charge in [0.25, 0.3) is 0 Å². The van der Waals surface area contributed by atoms with Crippen molar-refractivity contribution in [3.05, 3.63) is 16.1 Å². The minimum Gasteiger partial charge on any atom is -0.316 e. The van der Waals surface area contributed by atoms with Gasteiger partial charge in [0.1, 0.15) is 0 Å². The molecule has 1 aromatic heterocycles. The van der Waals surface area contributed by atoms with Gasteiger partial charge in [-0.15, -0.1) is 11.3 Å². The lowest BCUT2D eigenvalue weighted by Gasteiger charge is -2.40. The van der Waals surface area contributed by atoms with Crippen LogP contribution < -0.4 is 5.32 Å². The van der Waals surface area contributed by atoms with Crippen LogP contribution in [0.25, 0.3) is 0 Å². The molecule has 1 aliphatic carbocycles. The predicted molar refractivity (Wildman–Crippen MR) is 87.2 cm³/mol. The first kappa shape index (κ1) is 15.9. The van der Waals surface area contributed by atoms with Gasteiger partial charge in [0.2, 0.25) is 0 Å². The van der Waals surface area contributed by atoms with E-state index in [2.05, 4.69) is 41.5 Å². The van der Waals surface area contributed by atoms with Crippen molar-refractivity contribution >= 4 is 11.3 Å². The lowest BCUT2D eigenvalue weighted by Crippen LogP contribution is -2.44. The maximum absolute atomic E-state index is 4.59. The molecule has 114 valence electrons. The fourth-order valence-electron chi connectivity index (χ4n) is 3.47. The second kappa shape index (κ2) is 7.53. The van der Waals surface area contributed by atoms with Crippen LogP contribution in [-0.4, -0.2) is 36.6 Å². The average molecular weight is 295 g/mol. The van der Waals surface area contributed by atoms with E-state index < -0.39 is 0 Å². The molecule has 0 spiro atoms. The van der Waals surface area contributed by atoms with Gasteiger partial charge in [0.15, 0.2) is 0 Å². The Labute approximate surface area is 127 Å². The summed E-state index contributed by atoms with van der Waals surface area (Å²) in [6, 6.07) is 0. The monoisotopic (exact) mass is 295 g/mol. The van der Waals surface area contributed by atoms with Crippen molar-refractivity contribution in [1.29, 1.82) is 0 Å². The molecule has 4 heteroatoms. The summed E-state index contributed by atoms with van der Waals surface area (Å²) in [5.41, 5.74) is 1.71. The number of nitrogens with one attached hydrogen (secondary N) is 1. The van der Waals surface area contributed by atoms with Crippen molar-refractivity contribution in [2.45, 2.75) is 52.5 Å². The molecule has 0 saturated heterocycles. The third-order valence-corrected chi connectivity index (χ3v) is 5.19. The standard InChI is InChI=1S/C16H29N3S/c1-4-17-12-16(8-6-5-7-9-16)13-19(3)10-15-11-20-14(2)18-15/h11,17H,4-10,12-13H2,1-3H3. The Balaban J connectivity index is 1.92. The van der Waals surface area contributed by atoms with Crippen molar-refractivity contribution < 1.29 is 0 Å². The fraction of sp³-hybridized carbons (Fsp3) is 0.812. The lowest BCUT2D eigenvalue weighted by molar-refractivity contribution is 0.114. The van der Waals surface area contributed by atoms with E-state index in [9.17, 15) is 0 Å². The number of thiazole rings is 1. The van der Waals surface area contributed by atoms with Crippen LogP contribution in [0.15, 0.2) is 5.38 Å². The normalized spacial score (nSPS) is 18.6. The van der Waals surface area contributed by atoms with Gasteiger partial charge < -0.3 is 5.32 Å². The largest absolute Gasteiger partial charge is 0.316 e. The number of nitrogens with zero attached hydrogens (tertiary/aromatic N) is 2. The number of rotatable bonds is 7. The van der Waals surface area contributed by atoms with E-state index in [1.54, 1.807) is 11.3 Å². The van der Waals surface area contributed by atoms with Crippen molar-refractivity contribution in [3.8, 4) is 0 Å². The van der Waals surface area contributed by atoms with Gasteiger partial charge in [-0.05, 0) is 38.8 Å². The summed E-state index contributed by atoms with van der Waals surface area (Å²) in [6.45, 7) is 8.72. The van der Waals surface area contributed by atoms with E-state index in [0.29, 0.717) is 5.41 Å². The zero-order valence-corrected chi connectivity index (χ0v) is 14.1. The highest BCUT2D eigenvalue weighted by molar-refractivity contribution is 7.09. The number of hydrogen-bond acceptors (Lipinski definition) is 4. The summed E-state index contributed by atoms with van der Waals surface area (Å²) in [5.74, 6) is 0. The Bertz CT molecular complexity index is 396. The average Bonchev–Trinajstić information content (AvgIpc) is 2.82. The second-order valence-electron chi connectivity index (χ2n) is 6.37. The lowest BCUT2D eigenvalue weighted by atomic mass is 9.73. The summed E-state index contributed by atoms with van der Waals surface area (Å²) < 4.78 is 0. The molecule has 0 radical (unpaired) electrons. The Morgan fingerprint density at radius 2 is 2.10 bits per heavy atom. The van der Waals surface area contributed by atoms with Gasteiger partial charge in [0.05, 0.1) is 10.7 Å². The zero-order chi connectivity index (χ0) is 14.4. The number of hydrogen-bond donors (Lipinski definition) is 1. The van der Waals surface area contributed by atoms with Crippen LogP contribution in [0.3, 0.4) is 0 Å². The van der Waals surface area contributed by atoms with Gasteiger partial charge >= 0.3 is 0 Å². The SMILES string of the molecule is CCNCC1(CN(C)Cc2csc(C)n2)CCCCC1. The number of aryl methyl sites for hydroxylation is 1. The molecule has 1 aliphatic rings. The van der Waals surface area contributed by atoms with Crippen molar-refractivity contribution in [1.82, 2.24) is 15.2 Å². The molecule has 1 heterocycles. The minimum atomic E-state index is 0.480. The van der Waals surface area contributed by atoms with E-state index in [0.717, 1.165) is 13.1 Å². The van der Waals surface area contributed by atoms with Crippen LogP contribution >= 0.6 is 11.3 Å². The molecule has 0 unspecified atom stereocenters. The molecule has 3 nitrogen and oxygen atoms in total. The molecule has 0 aromatic carbocycles. The van der Waals surface area contributed by atoms with Crippen molar-refractivity contribution in [2.75, 3.05) is 26.7 Å². The smallest absolute Gasteiger partial charge is 0.0897 e. The van der Waals surface area contributed by atoms with Gasteiger partial charge in [-0.2, -0.15) is 0 Å². The first-order valence-electron chi connectivity index (χ1n) is 7.94. The Morgan fingerprint density at radius 1 is 1.35 bits per heavy atom. The first-order chi connectivity index (χ1) is 9.63. The predicted octanol–water partition coefficient (Wildman–Crippen LogP) is 3.44. The molecule has 1 fully saturated rings. The summed E-state index contributed by atoms with van der Waals surface area (Å²) in [5, 5.41) is 6.96. The highest BCUT2D eigenvalue weighted by Gasteiger charge is 2.32. The van der Waals surface area contributed by atoms with Crippen LogP contribution in [0.5, 0.6) is 0 Å². The zero-order valence-electron chi connectivity index (χ0n) is 13.2. The van der Waals surface area contributed by atoms with Gasteiger partial charge in [-0.3, -0.25) is 4.90 Å². The summed E-state index contributed by atoms with van der Waals surface area (Å²) >= 11 is 1.76. The molecule has 0 amide bonds. The van der Waals surface area contributed by atoms with E-state index in [-0.39, 0.29) is 0 Å². The third kappa shape index (κ3) is 4.54. The number of aromatic nitrogens is 1. The molecule has 2 rings (SSSR count). The molecule has 1 saturated carbocycles. The van der Waals surface area contributed by atoms with Gasteiger partial charge in [-0.25, -0.2) is 4.98 Å². The molecule has 0 bridgehead atoms. The van der Waals surface area contributed by atoms with Crippen molar-refractivity contribution in [3.63, 3.8) is 0 Å². The Morgan fingerprint density at radius 3 is 2.70 bits per heavy atom. The molecular weight excluding hydrogens is 266 g/mol. The van der Waals surface area contributed by atoms with E-state index in [4.69, 9.17) is 0 Å². The van der Waals surface area contributed by atoms with Crippen LogP contribution in [0, 0.1) is 12.3 Å². The molecule has 1 aromatic rings. The fourth-order valence-corrected chi connectivity index (χ4v) is 4.07. The first-order valence-corrected chi connectivity index (χ1v) is 8.82. The van der Waals surface area contributed by atoms with Crippen molar-refractivity contribution in [2.24, 2.45) is 5.41 Å². The topological polar surface area (TPSA) is 28.2 Å². The third-order valence-electron chi connectivity index (χ3n) is 4.37. The highest BCUT2D eigenvalue weighted by Crippen LogP contribution is 2.36. The van der Waals surface area contributed by atoms with E-state index in [1.807, 2.05) is 0 Å². The maximum atomic E-state index is 4.59. The van der Waals surface area contributed by atoms with Crippen LogP contribution in [0.2, 0.25) is 0 Å². The molecular formula is C16H29N3S. The van der Waals surface area contributed by atoms with Crippen LogP contribution in [0.1, 0.15) is 49.7 Å². The molecule has 0 atom stereocenters. The Kier molecular flexibility index (Phi) is 6.00. The van der Waals surface area contributed by atoms with Crippen LogP contribution in [0.4, 0.5) is 0 Å². The second-order valence-corrected chi connectivity index (χ2v) is 7.43. The van der Waals surface area contributed by atoms with Gasteiger partial charge in [0, 0.05) is 25.0 Å². The molecule has 0 aliphatic heterocycles. The molecule has 20 heavy (non-hydrogen) atoms. The summed E-state index contributed by atoms with van der Waals surface area (Å²) in [4.78, 5) is 7.06. The van der Waals surface area contributed by atoms with Gasteiger partial charge in [-0.1, -0.05) is 26.2 Å². The maximum Gasteiger partial charge on any atom is 0.0897 e. The van der Waals surface area contributed by atoms with E-state index >= 15 is 0 Å². The highest BCUT2D eigenvalue weighted by atomic mass is 32.1. The summed E-state index contributed by atoms with van der Waals surface area (Å²) in [7, 11) is 2.25.